The number of carbonyl (C=O) groups excluding carboxylic acids is 1. The molecule has 6 heteroatoms. The first-order valence-electron chi connectivity index (χ1n) is 8.77. The lowest BCUT2D eigenvalue weighted by molar-refractivity contribution is 0.0240. The van der Waals surface area contributed by atoms with Crippen LogP contribution in [-0.2, 0) is 4.74 Å². The van der Waals surface area contributed by atoms with Gasteiger partial charge in [-0.1, -0.05) is 23.7 Å². The molecule has 1 aromatic carbocycles. The van der Waals surface area contributed by atoms with Crippen LogP contribution in [0.15, 0.2) is 42.6 Å². The molecule has 0 spiro atoms. The maximum absolute atomic E-state index is 12.1. The van der Waals surface area contributed by atoms with Gasteiger partial charge in [0.25, 0.3) is 0 Å². The van der Waals surface area contributed by atoms with E-state index in [-0.39, 0.29) is 6.09 Å². The van der Waals surface area contributed by atoms with E-state index in [4.69, 9.17) is 16.3 Å². The van der Waals surface area contributed by atoms with Crippen molar-refractivity contribution in [2.45, 2.75) is 26.4 Å². The van der Waals surface area contributed by atoms with Crippen LogP contribution in [0.4, 0.5) is 10.6 Å². The summed E-state index contributed by atoms with van der Waals surface area (Å²) in [5.41, 5.74) is 1.67. The molecule has 1 saturated heterocycles. The van der Waals surface area contributed by atoms with Crippen molar-refractivity contribution in [1.82, 2.24) is 9.88 Å². The van der Waals surface area contributed by atoms with Crippen molar-refractivity contribution < 1.29 is 9.53 Å². The quantitative estimate of drug-likeness (QED) is 0.779. The lowest BCUT2D eigenvalue weighted by Crippen LogP contribution is -2.50. The lowest BCUT2D eigenvalue weighted by Gasteiger charge is -2.36. The molecule has 138 valence electrons. The molecule has 0 saturated carbocycles. The molecule has 0 N–H and O–H groups in total. The molecule has 0 radical (unpaired) electrons. The Bertz CT molecular complexity index is 746. The molecular weight excluding hydrogens is 350 g/mol. The van der Waals surface area contributed by atoms with Gasteiger partial charge in [-0.25, -0.2) is 9.78 Å². The molecule has 1 aliphatic heterocycles. The van der Waals surface area contributed by atoms with Crippen molar-refractivity contribution in [3.05, 3.63) is 47.6 Å². The summed E-state index contributed by atoms with van der Waals surface area (Å²) in [7, 11) is 0. The van der Waals surface area contributed by atoms with Gasteiger partial charge in [-0.05, 0) is 50.6 Å². The van der Waals surface area contributed by atoms with Crippen LogP contribution in [0.1, 0.15) is 20.8 Å². The molecule has 0 atom stereocenters. The first-order chi connectivity index (χ1) is 12.3. The second-order valence-electron chi connectivity index (χ2n) is 7.37. The van der Waals surface area contributed by atoms with Crippen LogP contribution in [0, 0.1) is 0 Å². The second-order valence-corrected chi connectivity index (χ2v) is 7.80. The fourth-order valence-electron chi connectivity index (χ4n) is 2.83. The average molecular weight is 374 g/mol. The first-order valence-corrected chi connectivity index (χ1v) is 9.14. The predicted octanol–water partition coefficient (Wildman–Crippen LogP) is 4.46. The Hall–Kier alpha value is -2.27. The fraction of sp³-hybridized carbons (Fsp3) is 0.400. The summed E-state index contributed by atoms with van der Waals surface area (Å²) in [5, 5.41) is 0.723. The molecule has 1 aromatic heterocycles. The highest BCUT2D eigenvalue weighted by molar-refractivity contribution is 6.30. The highest BCUT2D eigenvalue weighted by Crippen LogP contribution is 2.23. The Kier molecular flexibility index (Phi) is 5.37. The van der Waals surface area contributed by atoms with Crippen LogP contribution in [-0.4, -0.2) is 47.8 Å². The molecule has 0 aliphatic carbocycles. The van der Waals surface area contributed by atoms with Gasteiger partial charge in [-0.15, -0.1) is 0 Å². The first kappa shape index (κ1) is 18.5. The third kappa shape index (κ3) is 4.67. The topological polar surface area (TPSA) is 45.7 Å². The largest absolute Gasteiger partial charge is 0.444 e. The number of rotatable bonds is 2. The minimum absolute atomic E-state index is 0.247. The van der Waals surface area contributed by atoms with Gasteiger partial charge in [0.1, 0.15) is 11.4 Å². The SMILES string of the molecule is CC(C)(C)OC(=O)N1CCN(c2ccc(-c3ccc(Cl)cc3)cn2)CC1. The number of ether oxygens (including phenoxy) is 1. The molecule has 1 amide bonds. The summed E-state index contributed by atoms with van der Waals surface area (Å²) in [6.07, 6.45) is 1.63. The summed E-state index contributed by atoms with van der Waals surface area (Å²) >= 11 is 5.94. The Labute approximate surface area is 159 Å². The summed E-state index contributed by atoms with van der Waals surface area (Å²) < 4.78 is 5.43. The van der Waals surface area contributed by atoms with Gasteiger partial charge in [0.05, 0.1) is 0 Å². The van der Waals surface area contributed by atoms with E-state index in [2.05, 4.69) is 16.0 Å². The molecule has 2 aromatic rings. The van der Waals surface area contributed by atoms with Gasteiger partial charge in [0.15, 0.2) is 0 Å². The van der Waals surface area contributed by atoms with Gasteiger partial charge in [0.2, 0.25) is 0 Å². The van der Waals surface area contributed by atoms with Crippen molar-refractivity contribution in [2.75, 3.05) is 31.1 Å². The highest BCUT2D eigenvalue weighted by atomic mass is 35.5. The van der Waals surface area contributed by atoms with Crippen LogP contribution in [0.3, 0.4) is 0 Å². The van der Waals surface area contributed by atoms with Gasteiger partial charge >= 0.3 is 6.09 Å². The van der Waals surface area contributed by atoms with E-state index in [0.29, 0.717) is 13.1 Å². The molecule has 1 fully saturated rings. The third-order valence-corrected chi connectivity index (χ3v) is 4.43. The monoisotopic (exact) mass is 373 g/mol. The summed E-state index contributed by atoms with van der Waals surface area (Å²) in [4.78, 5) is 20.7. The number of amides is 1. The summed E-state index contributed by atoms with van der Waals surface area (Å²) in [6.45, 7) is 8.40. The molecule has 0 bridgehead atoms. The van der Waals surface area contributed by atoms with Crippen LogP contribution < -0.4 is 4.90 Å². The maximum atomic E-state index is 12.1. The van der Waals surface area contributed by atoms with E-state index >= 15 is 0 Å². The van der Waals surface area contributed by atoms with Crippen LogP contribution in [0.2, 0.25) is 5.02 Å². The number of carbonyl (C=O) groups is 1. The van der Waals surface area contributed by atoms with Gasteiger partial charge in [-0.2, -0.15) is 0 Å². The molecule has 26 heavy (non-hydrogen) atoms. The molecular formula is C20H24ClN3O2. The Morgan fingerprint density at radius 3 is 2.15 bits per heavy atom. The van der Waals surface area contributed by atoms with Crippen LogP contribution >= 0.6 is 11.6 Å². The van der Waals surface area contributed by atoms with E-state index < -0.39 is 5.60 Å². The number of benzene rings is 1. The zero-order chi connectivity index (χ0) is 18.7. The van der Waals surface area contributed by atoms with E-state index in [0.717, 1.165) is 35.1 Å². The predicted molar refractivity (Wildman–Crippen MR) is 105 cm³/mol. The molecule has 5 nitrogen and oxygen atoms in total. The van der Waals surface area contributed by atoms with Crippen molar-refractivity contribution in [3.8, 4) is 11.1 Å². The van der Waals surface area contributed by atoms with Crippen molar-refractivity contribution in [3.63, 3.8) is 0 Å². The summed E-state index contributed by atoms with van der Waals surface area (Å²) in [6, 6.07) is 11.8. The molecule has 1 aliphatic rings. The van der Waals surface area contributed by atoms with Crippen molar-refractivity contribution in [1.29, 1.82) is 0 Å². The third-order valence-electron chi connectivity index (χ3n) is 4.18. The number of aromatic nitrogens is 1. The molecule has 3 rings (SSSR count). The van der Waals surface area contributed by atoms with Gasteiger partial charge in [0, 0.05) is 43.0 Å². The van der Waals surface area contributed by atoms with E-state index in [1.807, 2.05) is 57.3 Å². The van der Waals surface area contributed by atoms with E-state index in [1.54, 1.807) is 4.90 Å². The number of hydrogen-bond donors (Lipinski definition) is 0. The average Bonchev–Trinajstić information content (AvgIpc) is 2.61. The maximum Gasteiger partial charge on any atom is 0.410 e. The summed E-state index contributed by atoms with van der Waals surface area (Å²) in [5.74, 6) is 0.923. The van der Waals surface area contributed by atoms with Gasteiger partial charge < -0.3 is 14.5 Å². The zero-order valence-electron chi connectivity index (χ0n) is 15.4. The number of piperazine rings is 1. The van der Waals surface area contributed by atoms with Crippen LogP contribution in [0.5, 0.6) is 0 Å². The van der Waals surface area contributed by atoms with Crippen molar-refractivity contribution >= 4 is 23.5 Å². The highest BCUT2D eigenvalue weighted by Gasteiger charge is 2.26. The van der Waals surface area contributed by atoms with E-state index in [1.165, 1.54) is 0 Å². The number of halogens is 1. The molecule has 0 unspecified atom stereocenters. The normalized spacial score (nSPS) is 15.1. The number of pyridine rings is 1. The molecule has 2 heterocycles. The smallest absolute Gasteiger partial charge is 0.410 e. The van der Waals surface area contributed by atoms with Crippen molar-refractivity contribution in [2.24, 2.45) is 0 Å². The fourth-order valence-corrected chi connectivity index (χ4v) is 2.96. The standard InChI is InChI=1S/C20H24ClN3O2/c1-20(2,3)26-19(25)24-12-10-23(11-13-24)18-9-6-16(14-22-18)15-4-7-17(21)8-5-15/h4-9,14H,10-13H2,1-3H3. The number of anilines is 1. The number of nitrogens with zero attached hydrogens (tertiary/aromatic N) is 3. The Morgan fingerprint density at radius 1 is 1.00 bits per heavy atom. The zero-order valence-corrected chi connectivity index (χ0v) is 16.2. The minimum atomic E-state index is -0.465. The van der Waals surface area contributed by atoms with E-state index in [9.17, 15) is 4.79 Å². The second kappa shape index (κ2) is 7.54. The minimum Gasteiger partial charge on any atom is -0.444 e. The lowest BCUT2D eigenvalue weighted by atomic mass is 10.1. The Balaban J connectivity index is 1.59. The Morgan fingerprint density at radius 2 is 1.62 bits per heavy atom. The number of hydrogen-bond acceptors (Lipinski definition) is 4. The van der Waals surface area contributed by atoms with Gasteiger partial charge in [-0.3, -0.25) is 0 Å². The van der Waals surface area contributed by atoms with Crippen LogP contribution in [0.25, 0.3) is 11.1 Å².